The van der Waals surface area contributed by atoms with Gasteiger partial charge in [0.2, 0.25) is 0 Å². The lowest BCUT2D eigenvalue weighted by Crippen LogP contribution is -2.41. The predicted molar refractivity (Wildman–Crippen MR) is 138 cm³/mol. The average Bonchev–Trinajstić information content (AvgIpc) is 2.90. The summed E-state index contributed by atoms with van der Waals surface area (Å²) in [6, 6.07) is 14.4. The summed E-state index contributed by atoms with van der Waals surface area (Å²) < 4.78 is 0. The highest BCUT2D eigenvalue weighted by Crippen LogP contribution is 2.31. The number of hydrogen-bond donors (Lipinski definition) is 1. The van der Waals surface area contributed by atoms with Crippen molar-refractivity contribution in [2.45, 2.75) is 44.9 Å². The fourth-order valence-corrected chi connectivity index (χ4v) is 5.55. The van der Waals surface area contributed by atoms with E-state index < -0.39 is 0 Å². The molecule has 6 heteroatoms. The average molecular weight is 458 g/mol. The molecule has 1 aromatic carbocycles. The van der Waals surface area contributed by atoms with Gasteiger partial charge in [-0.1, -0.05) is 43.5 Å². The van der Waals surface area contributed by atoms with E-state index in [9.17, 15) is 4.79 Å². The molecular weight excluding hydrogens is 422 g/mol. The first kappa shape index (κ1) is 22.6. The molecule has 6 nitrogen and oxygen atoms in total. The van der Waals surface area contributed by atoms with Crippen molar-refractivity contribution in [2.75, 3.05) is 36.4 Å². The summed E-state index contributed by atoms with van der Waals surface area (Å²) in [6.45, 7) is 3.92. The van der Waals surface area contributed by atoms with Gasteiger partial charge in [0.05, 0.1) is 11.9 Å². The van der Waals surface area contributed by atoms with Crippen molar-refractivity contribution < 1.29 is 4.79 Å². The number of nitrogens with zero attached hydrogens (tertiary/aromatic N) is 4. The van der Waals surface area contributed by atoms with E-state index >= 15 is 0 Å². The predicted octanol–water partition coefficient (Wildman–Crippen LogP) is 5.96. The highest BCUT2D eigenvalue weighted by Gasteiger charge is 2.24. The number of anilines is 2. The number of carbonyl (C=O) groups is 1. The molecule has 2 saturated heterocycles. The maximum Gasteiger partial charge on any atom is 0.321 e. The number of aromatic nitrogens is 2. The maximum atomic E-state index is 12.5. The van der Waals surface area contributed by atoms with Crippen molar-refractivity contribution in [1.29, 1.82) is 0 Å². The summed E-state index contributed by atoms with van der Waals surface area (Å²) in [7, 11) is 0. The van der Waals surface area contributed by atoms with E-state index in [0.717, 1.165) is 62.4 Å². The van der Waals surface area contributed by atoms with Crippen LogP contribution in [0.4, 0.5) is 16.3 Å². The summed E-state index contributed by atoms with van der Waals surface area (Å²) in [4.78, 5) is 25.7. The fourth-order valence-electron chi connectivity index (χ4n) is 5.55. The van der Waals surface area contributed by atoms with Crippen LogP contribution in [0.2, 0.25) is 0 Å². The standard InChI is InChI=1S/C28H35N5O/c34-28(31-25-8-4-15-29-21-25)33-19-13-23(14-20-33)6-3-5-22-11-17-32(18-12-22)27-26-9-2-1-7-24(26)10-16-30-27/h1-2,4,7-10,15-16,21-23H,3,5-6,11-14,17-20H2,(H,31,34). The normalized spacial score (nSPS) is 17.8. The van der Waals surface area contributed by atoms with Crippen LogP contribution in [-0.2, 0) is 0 Å². The number of rotatable bonds is 6. The van der Waals surface area contributed by atoms with Crippen molar-refractivity contribution in [3.8, 4) is 0 Å². The zero-order valence-corrected chi connectivity index (χ0v) is 19.9. The van der Waals surface area contributed by atoms with E-state index in [2.05, 4.69) is 45.5 Å². The van der Waals surface area contributed by atoms with Crippen LogP contribution in [0.1, 0.15) is 44.9 Å². The van der Waals surface area contributed by atoms with Crippen LogP contribution in [0.5, 0.6) is 0 Å². The zero-order valence-electron chi connectivity index (χ0n) is 19.9. The number of nitrogens with one attached hydrogen (secondary N) is 1. The van der Waals surface area contributed by atoms with E-state index in [0.29, 0.717) is 0 Å². The molecule has 2 fully saturated rings. The van der Waals surface area contributed by atoms with Crippen LogP contribution in [-0.4, -0.2) is 47.1 Å². The minimum absolute atomic E-state index is 0.00102. The molecule has 0 aliphatic carbocycles. The monoisotopic (exact) mass is 457 g/mol. The highest BCUT2D eigenvalue weighted by atomic mass is 16.2. The van der Waals surface area contributed by atoms with Crippen LogP contribution in [0, 0.1) is 11.8 Å². The number of amides is 2. The molecule has 0 spiro atoms. The molecule has 0 unspecified atom stereocenters. The Morgan fingerprint density at radius 1 is 0.882 bits per heavy atom. The summed E-state index contributed by atoms with van der Waals surface area (Å²) in [5.74, 6) is 2.73. The van der Waals surface area contributed by atoms with E-state index in [1.807, 2.05) is 23.2 Å². The second-order valence-electron chi connectivity index (χ2n) is 9.82. The maximum absolute atomic E-state index is 12.5. The van der Waals surface area contributed by atoms with E-state index in [1.54, 1.807) is 12.4 Å². The molecule has 0 atom stereocenters. The van der Waals surface area contributed by atoms with Crippen molar-refractivity contribution >= 4 is 28.3 Å². The third-order valence-corrected chi connectivity index (χ3v) is 7.61. The second kappa shape index (κ2) is 10.9. The molecule has 3 aromatic rings. The lowest BCUT2D eigenvalue weighted by molar-refractivity contribution is 0.178. The first-order valence-corrected chi connectivity index (χ1v) is 12.8. The molecule has 2 aliphatic rings. The third-order valence-electron chi connectivity index (χ3n) is 7.61. The number of pyridine rings is 2. The van der Waals surface area contributed by atoms with Crippen molar-refractivity contribution in [3.63, 3.8) is 0 Å². The Bertz CT molecular complexity index is 1070. The van der Waals surface area contributed by atoms with Gasteiger partial charge in [-0.25, -0.2) is 9.78 Å². The van der Waals surface area contributed by atoms with Gasteiger partial charge in [0, 0.05) is 44.0 Å². The minimum Gasteiger partial charge on any atom is -0.356 e. The quantitative estimate of drug-likeness (QED) is 0.496. The molecule has 2 amide bonds. The molecule has 34 heavy (non-hydrogen) atoms. The topological polar surface area (TPSA) is 61.4 Å². The van der Waals surface area contributed by atoms with Gasteiger partial charge in [0.15, 0.2) is 0 Å². The molecular formula is C28H35N5O. The number of benzene rings is 1. The van der Waals surface area contributed by atoms with Gasteiger partial charge in [-0.15, -0.1) is 0 Å². The van der Waals surface area contributed by atoms with Crippen LogP contribution < -0.4 is 10.2 Å². The van der Waals surface area contributed by atoms with Gasteiger partial charge < -0.3 is 15.1 Å². The summed E-state index contributed by atoms with van der Waals surface area (Å²) in [5.41, 5.74) is 0.761. The summed E-state index contributed by atoms with van der Waals surface area (Å²) in [5, 5.41) is 5.49. The van der Waals surface area contributed by atoms with E-state index in [4.69, 9.17) is 4.98 Å². The van der Waals surface area contributed by atoms with Gasteiger partial charge in [-0.3, -0.25) is 4.98 Å². The Labute approximate surface area is 202 Å². The van der Waals surface area contributed by atoms with Gasteiger partial charge in [0.1, 0.15) is 5.82 Å². The molecule has 0 bridgehead atoms. The molecule has 5 rings (SSSR count). The highest BCUT2D eigenvalue weighted by molar-refractivity contribution is 5.92. The van der Waals surface area contributed by atoms with Gasteiger partial charge >= 0.3 is 6.03 Å². The number of piperidine rings is 2. The molecule has 1 N–H and O–H groups in total. The second-order valence-corrected chi connectivity index (χ2v) is 9.82. The molecule has 178 valence electrons. The number of likely N-dealkylation sites (tertiary alicyclic amines) is 1. The van der Waals surface area contributed by atoms with Crippen molar-refractivity contribution in [2.24, 2.45) is 11.8 Å². The Morgan fingerprint density at radius 2 is 1.62 bits per heavy atom. The van der Waals surface area contributed by atoms with Crippen molar-refractivity contribution in [3.05, 3.63) is 61.1 Å². The van der Waals surface area contributed by atoms with Gasteiger partial charge in [-0.05, 0) is 61.1 Å². The van der Waals surface area contributed by atoms with Crippen molar-refractivity contribution in [1.82, 2.24) is 14.9 Å². The lowest BCUT2D eigenvalue weighted by atomic mass is 9.87. The largest absolute Gasteiger partial charge is 0.356 e. The van der Waals surface area contributed by atoms with E-state index in [1.165, 1.54) is 42.9 Å². The lowest BCUT2D eigenvalue weighted by Gasteiger charge is -2.34. The Balaban J connectivity index is 1.01. The molecule has 0 radical (unpaired) electrons. The number of urea groups is 1. The van der Waals surface area contributed by atoms with Gasteiger partial charge in [-0.2, -0.15) is 0 Å². The van der Waals surface area contributed by atoms with Gasteiger partial charge in [0.25, 0.3) is 0 Å². The minimum atomic E-state index is -0.00102. The van der Waals surface area contributed by atoms with E-state index in [-0.39, 0.29) is 6.03 Å². The summed E-state index contributed by atoms with van der Waals surface area (Å²) >= 11 is 0. The first-order chi connectivity index (χ1) is 16.8. The number of hydrogen-bond acceptors (Lipinski definition) is 4. The van der Waals surface area contributed by atoms with Crippen LogP contribution in [0.3, 0.4) is 0 Å². The number of carbonyl (C=O) groups excluding carboxylic acids is 1. The fraction of sp³-hybridized carbons (Fsp3) is 0.464. The Morgan fingerprint density at radius 3 is 2.35 bits per heavy atom. The first-order valence-electron chi connectivity index (χ1n) is 12.8. The Hall–Kier alpha value is -3.15. The summed E-state index contributed by atoms with van der Waals surface area (Å²) in [6.07, 6.45) is 14.0. The van der Waals surface area contributed by atoms with Crippen LogP contribution >= 0.6 is 0 Å². The third kappa shape index (κ3) is 5.49. The van der Waals surface area contributed by atoms with Crippen LogP contribution in [0.25, 0.3) is 10.8 Å². The molecule has 0 saturated carbocycles. The molecule has 2 aromatic heterocycles. The zero-order chi connectivity index (χ0) is 23.2. The SMILES string of the molecule is O=C(Nc1cccnc1)N1CCC(CCCC2CCN(c3nccc4ccccc34)CC2)CC1. The molecule has 4 heterocycles. The Kier molecular flexibility index (Phi) is 7.22. The smallest absolute Gasteiger partial charge is 0.321 e. The number of fused-ring (bicyclic) bond motifs is 1. The molecule has 2 aliphatic heterocycles. The van der Waals surface area contributed by atoms with Crippen LogP contribution in [0.15, 0.2) is 61.1 Å².